The van der Waals surface area contributed by atoms with Gasteiger partial charge in [-0.3, -0.25) is 20.8 Å². The van der Waals surface area contributed by atoms with Crippen LogP contribution in [0.15, 0.2) is 0 Å². The Hall–Kier alpha value is -0.330. The summed E-state index contributed by atoms with van der Waals surface area (Å²) < 4.78 is 31.6. The Labute approximate surface area is 58.4 Å². The molecule has 0 bridgehead atoms. The first-order valence-electron chi connectivity index (χ1n) is 1.03. The molecule has 0 aromatic carbocycles. The van der Waals surface area contributed by atoms with Gasteiger partial charge in [0.1, 0.15) is 0 Å². The molecule has 0 unspecified atom stereocenters. The largest absolute Gasteiger partial charge is 0.412 e. The van der Waals surface area contributed by atoms with E-state index in [1.165, 1.54) is 0 Å². The summed E-state index contributed by atoms with van der Waals surface area (Å²) in [6.45, 7) is 0. The van der Waals surface area contributed by atoms with Crippen molar-refractivity contribution in [2.75, 3.05) is 0 Å². The highest BCUT2D eigenvalue weighted by molar-refractivity contribution is 7.79. The molecule has 0 aromatic heterocycles. The summed E-state index contributed by atoms with van der Waals surface area (Å²) in [4.78, 5) is 0. The van der Waals surface area contributed by atoms with Crippen LogP contribution >= 0.6 is 0 Å². The summed E-state index contributed by atoms with van der Waals surface area (Å²) in [5.74, 6) is 8.00. The molecule has 0 fully saturated rings. The Morgan fingerprint density at radius 3 is 1.00 bits per heavy atom. The highest BCUT2D eigenvalue weighted by Crippen LogP contribution is 1.59. The Morgan fingerprint density at radius 1 is 1.00 bits per heavy atom. The zero-order valence-corrected chi connectivity index (χ0v) is 6.00. The van der Waals surface area contributed by atoms with Gasteiger partial charge >= 0.3 is 10.4 Å². The van der Waals surface area contributed by atoms with Crippen LogP contribution in [-0.2, 0) is 10.4 Å². The molecule has 0 rings (SSSR count). The van der Waals surface area contributed by atoms with Crippen LogP contribution in [-0.4, -0.2) is 23.0 Å². The minimum absolute atomic E-state index is 0. The lowest BCUT2D eigenvalue weighted by molar-refractivity contribution is 0.381. The molecule has 0 aliphatic heterocycles. The third kappa shape index (κ3) is 3130. The van der Waals surface area contributed by atoms with E-state index in [1.54, 1.807) is 0 Å². The van der Waals surface area contributed by atoms with E-state index < -0.39 is 10.4 Å². The average molecular weight is 182 g/mol. The fourth-order valence-electron chi connectivity index (χ4n) is 0. The molecule has 0 atom stereocenters. The summed E-state index contributed by atoms with van der Waals surface area (Å²) >= 11 is 0. The number of hydrogen-bond acceptors (Lipinski definition) is 6. The van der Waals surface area contributed by atoms with E-state index >= 15 is 0 Å². The van der Waals surface area contributed by atoms with E-state index in [0.717, 1.165) is 0 Å². The van der Waals surface area contributed by atoms with Crippen molar-refractivity contribution in [3.05, 3.63) is 0 Å². The summed E-state index contributed by atoms with van der Waals surface area (Å²) in [5, 5.41) is 0. The SMILES string of the molecule is N.N.NN.O.O=S(=O)(O)O. The molecule has 0 aromatic rings. The molecule has 9 nitrogen and oxygen atoms in total. The summed E-state index contributed by atoms with van der Waals surface area (Å²) in [6, 6.07) is 0. The fraction of sp³-hybridized carbons (Fsp3) is 0. The van der Waals surface area contributed by atoms with Crippen molar-refractivity contribution in [3.8, 4) is 0 Å². The van der Waals surface area contributed by atoms with Gasteiger partial charge in [0.2, 0.25) is 0 Å². The quantitative estimate of drug-likeness (QED) is 0.135. The second-order valence-corrected chi connectivity index (χ2v) is 1.34. The zero-order valence-electron chi connectivity index (χ0n) is 5.19. The smallest absolute Gasteiger partial charge is 0.394 e. The summed E-state index contributed by atoms with van der Waals surface area (Å²) in [6.07, 6.45) is 0. The first kappa shape index (κ1) is 33.3. The minimum atomic E-state index is -4.67. The maximum atomic E-state index is 8.74. The topological polar surface area (TPSA) is 228 Å². The van der Waals surface area contributed by atoms with Gasteiger partial charge in [-0.2, -0.15) is 8.42 Å². The number of hydrazine groups is 1. The van der Waals surface area contributed by atoms with Crippen LogP contribution in [0.5, 0.6) is 0 Å². The van der Waals surface area contributed by atoms with Gasteiger partial charge in [0.25, 0.3) is 0 Å². The predicted octanol–water partition coefficient (Wildman–Crippen LogP) is -2.33. The molecule has 0 aliphatic rings. The van der Waals surface area contributed by atoms with Gasteiger partial charge < -0.3 is 17.8 Å². The van der Waals surface area contributed by atoms with Gasteiger partial charge in [-0.05, 0) is 0 Å². The molecular formula is H14N4O5S. The molecule has 0 aliphatic carbocycles. The lowest BCUT2D eigenvalue weighted by Gasteiger charge is -1.68. The van der Waals surface area contributed by atoms with E-state index in [-0.39, 0.29) is 17.8 Å². The molecular weight excluding hydrogens is 168 g/mol. The molecule has 0 saturated heterocycles. The van der Waals surface area contributed by atoms with E-state index in [0.29, 0.717) is 0 Å². The predicted molar refractivity (Wildman–Crippen MR) is 36.2 cm³/mol. The third-order valence-corrected chi connectivity index (χ3v) is 0. The second kappa shape index (κ2) is 15.9. The lowest BCUT2D eigenvalue weighted by atomic mass is 13.0. The maximum Gasteiger partial charge on any atom is 0.394 e. The van der Waals surface area contributed by atoms with Gasteiger partial charge in [0.15, 0.2) is 0 Å². The van der Waals surface area contributed by atoms with Crippen LogP contribution in [0, 0.1) is 0 Å². The van der Waals surface area contributed by atoms with Crippen molar-refractivity contribution in [3.63, 3.8) is 0 Å². The molecule has 70 valence electrons. The van der Waals surface area contributed by atoms with Crippen LogP contribution in [0.4, 0.5) is 0 Å². The van der Waals surface area contributed by atoms with E-state index in [1.807, 2.05) is 0 Å². The number of hydrogen-bond donors (Lipinski definition) is 6. The van der Waals surface area contributed by atoms with Gasteiger partial charge in [-0.25, -0.2) is 0 Å². The van der Waals surface area contributed by atoms with Crippen molar-refractivity contribution in [2.24, 2.45) is 11.7 Å². The summed E-state index contributed by atoms with van der Waals surface area (Å²) in [5.41, 5.74) is 0. The van der Waals surface area contributed by atoms with Crippen molar-refractivity contribution < 1.29 is 23.0 Å². The minimum Gasteiger partial charge on any atom is -0.412 e. The van der Waals surface area contributed by atoms with Crippen LogP contribution < -0.4 is 24.0 Å². The van der Waals surface area contributed by atoms with E-state index in [9.17, 15) is 0 Å². The van der Waals surface area contributed by atoms with Crippen molar-refractivity contribution in [1.29, 1.82) is 0 Å². The van der Waals surface area contributed by atoms with Crippen LogP contribution in [0.1, 0.15) is 0 Å². The standard InChI is InChI=1S/H4N2.2H3N.H2O4S.H2O/c1-2;;;1-5(2,3)4;/h1-2H2;2*1H3;(H2,1,2,3,4);1H2. The monoisotopic (exact) mass is 182 g/mol. The Morgan fingerprint density at radius 2 is 1.00 bits per heavy atom. The van der Waals surface area contributed by atoms with Crippen LogP contribution in [0.2, 0.25) is 0 Å². The lowest BCUT2D eigenvalue weighted by Crippen LogP contribution is -2.02. The normalized spacial score (nSPS) is 6.40. The van der Waals surface area contributed by atoms with Gasteiger partial charge in [-0.1, -0.05) is 0 Å². The molecule has 0 radical (unpaired) electrons. The first-order chi connectivity index (χ1) is 3.00. The van der Waals surface area contributed by atoms with Crippen molar-refractivity contribution in [1.82, 2.24) is 12.3 Å². The van der Waals surface area contributed by atoms with Crippen LogP contribution in [0.3, 0.4) is 0 Å². The van der Waals surface area contributed by atoms with Gasteiger partial charge in [0.05, 0.1) is 0 Å². The van der Waals surface area contributed by atoms with Gasteiger partial charge in [-0.15, -0.1) is 0 Å². The molecule has 10 heavy (non-hydrogen) atoms. The van der Waals surface area contributed by atoms with Crippen molar-refractivity contribution in [2.45, 2.75) is 0 Å². The molecule has 10 heteroatoms. The zero-order chi connectivity index (χ0) is 6.50. The molecule has 14 N–H and O–H groups in total. The highest BCUT2D eigenvalue weighted by atomic mass is 32.3. The fourth-order valence-corrected chi connectivity index (χ4v) is 0. The highest BCUT2D eigenvalue weighted by Gasteiger charge is 1.84. The first-order valence-corrected chi connectivity index (χ1v) is 2.43. The number of nitrogens with two attached hydrogens (primary N) is 2. The second-order valence-electron chi connectivity index (χ2n) is 0.448. The molecule has 0 amide bonds. The Balaban J connectivity index is -0.0000000154. The third-order valence-electron chi connectivity index (χ3n) is 0. The summed E-state index contributed by atoms with van der Waals surface area (Å²) in [7, 11) is -4.67. The molecule has 0 spiro atoms. The Bertz CT molecular complexity index is 96.8. The van der Waals surface area contributed by atoms with Crippen molar-refractivity contribution >= 4 is 10.4 Å². The maximum absolute atomic E-state index is 8.74. The van der Waals surface area contributed by atoms with Crippen LogP contribution in [0.25, 0.3) is 0 Å². The average Bonchev–Trinajstić information content (AvgIpc) is 1.36. The van der Waals surface area contributed by atoms with E-state index in [2.05, 4.69) is 11.7 Å². The molecule has 0 saturated carbocycles. The number of rotatable bonds is 0. The molecule has 0 heterocycles. The Kier molecular flexibility index (Phi) is 52.9. The van der Waals surface area contributed by atoms with E-state index in [4.69, 9.17) is 17.5 Å². The van der Waals surface area contributed by atoms with Gasteiger partial charge in [0, 0.05) is 0 Å².